The first-order valence-electron chi connectivity index (χ1n) is 8.15. The molecule has 1 aromatic rings. The van der Waals surface area contributed by atoms with Gasteiger partial charge in [0.25, 0.3) is 5.91 Å². The highest BCUT2D eigenvalue weighted by Crippen LogP contribution is 2.17. The Hall–Kier alpha value is -3.14. The van der Waals surface area contributed by atoms with Crippen LogP contribution in [0.5, 0.6) is 5.75 Å². The van der Waals surface area contributed by atoms with Crippen molar-refractivity contribution in [3.63, 3.8) is 0 Å². The number of benzene rings is 1. The molecule has 1 aromatic carbocycles. The smallest absolute Gasteiger partial charge is 0.257 e. The number of hydrogen-bond donors (Lipinski definition) is 2. The molecule has 1 aliphatic carbocycles. The Labute approximate surface area is 151 Å². The summed E-state index contributed by atoms with van der Waals surface area (Å²) in [6.45, 7) is 1.74. The van der Waals surface area contributed by atoms with Gasteiger partial charge in [-0.25, -0.2) is 4.39 Å². The molecular weight excluding hydrogens is 337 g/mol. The number of halogens is 1. The molecule has 0 aromatic heterocycles. The molecule has 2 N–H and O–H groups in total. The van der Waals surface area contributed by atoms with Crippen LogP contribution in [0.2, 0.25) is 0 Å². The van der Waals surface area contributed by atoms with E-state index < -0.39 is 24.0 Å². The fraction of sp³-hybridized carbons (Fsp3) is 0.316. The quantitative estimate of drug-likeness (QED) is 0.780. The van der Waals surface area contributed by atoms with Crippen LogP contribution in [0.25, 0.3) is 0 Å². The lowest BCUT2D eigenvalue weighted by molar-refractivity contribution is -0.126. The van der Waals surface area contributed by atoms with Crippen molar-refractivity contribution in [3.8, 4) is 11.8 Å². The van der Waals surface area contributed by atoms with Gasteiger partial charge in [0.1, 0.15) is 18.5 Å². The summed E-state index contributed by atoms with van der Waals surface area (Å²) in [4.78, 5) is 22.8. The Balaban J connectivity index is 1.82. The molecule has 0 radical (unpaired) electrons. The Morgan fingerprint density at radius 3 is 2.73 bits per heavy atom. The highest BCUT2D eigenvalue weighted by Gasteiger charge is 2.17. The number of carbonyl (C=O) groups is 2. The van der Waals surface area contributed by atoms with Gasteiger partial charge in [-0.2, -0.15) is 5.26 Å². The van der Waals surface area contributed by atoms with E-state index in [0.717, 1.165) is 11.1 Å². The van der Waals surface area contributed by atoms with Gasteiger partial charge < -0.3 is 15.4 Å². The van der Waals surface area contributed by atoms with Crippen molar-refractivity contribution in [2.24, 2.45) is 0 Å². The lowest BCUT2D eigenvalue weighted by Crippen LogP contribution is -2.44. The van der Waals surface area contributed by atoms with Crippen LogP contribution in [0.15, 0.2) is 48.1 Å². The summed E-state index contributed by atoms with van der Waals surface area (Å²) in [5, 5.41) is 13.7. The van der Waals surface area contributed by atoms with Crippen LogP contribution in [-0.4, -0.2) is 30.6 Å². The summed E-state index contributed by atoms with van der Waals surface area (Å²) in [7, 11) is 0. The monoisotopic (exact) mass is 357 g/mol. The van der Waals surface area contributed by atoms with Crippen LogP contribution in [-0.2, 0) is 16.1 Å². The molecule has 0 aliphatic heterocycles. The third-order valence-electron chi connectivity index (χ3n) is 3.62. The number of carbonyl (C=O) groups excluding carboxylic acids is 2. The molecule has 2 amide bonds. The summed E-state index contributed by atoms with van der Waals surface area (Å²) in [5.41, 5.74) is 1.60. The Kier molecular flexibility index (Phi) is 6.92. The lowest BCUT2D eigenvalue weighted by Gasteiger charge is -2.13. The molecule has 0 spiro atoms. The first-order valence-corrected chi connectivity index (χ1v) is 8.15. The van der Waals surface area contributed by atoms with Crippen LogP contribution in [0, 0.1) is 11.3 Å². The molecule has 0 bridgehead atoms. The fourth-order valence-electron chi connectivity index (χ4n) is 2.32. The Morgan fingerprint density at radius 1 is 1.38 bits per heavy atom. The lowest BCUT2D eigenvalue weighted by atomic mass is 10.1. The molecule has 2 atom stereocenters. The van der Waals surface area contributed by atoms with Crippen molar-refractivity contribution in [1.29, 1.82) is 5.26 Å². The van der Waals surface area contributed by atoms with Crippen LogP contribution in [0.4, 0.5) is 4.39 Å². The number of alkyl halides is 1. The summed E-state index contributed by atoms with van der Waals surface area (Å²) in [6.07, 6.45) is 4.62. The normalized spacial score (nSPS) is 16.8. The zero-order valence-electron chi connectivity index (χ0n) is 14.4. The second kappa shape index (κ2) is 9.37. The average Bonchev–Trinajstić information content (AvgIpc) is 2.63. The summed E-state index contributed by atoms with van der Waals surface area (Å²) in [5.74, 6) is -0.390. The topological polar surface area (TPSA) is 91.2 Å². The third-order valence-corrected chi connectivity index (χ3v) is 3.62. The van der Waals surface area contributed by atoms with Crippen LogP contribution in [0.1, 0.15) is 18.9 Å². The molecule has 1 aliphatic rings. The summed E-state index contributed by atoms with van der Waals surface area (Å²) < 4.78 is 18.9. The van der Waals surface area contributed by atoms with Crippen molar-refractivity contribution in [2.75, 3.05) is 6.61 Å². The number of rotatable bonds is 7. The van der Waals surface area contributed by atoms with Gasteiger partial charge >= 0.3 is 0 Å². The van der Waals surface area contributed by atoms with Gasteiger partial charge in [-0.3, -0.25) is 9.59 Å². The van der Waals surface area contributed by atoms with Gasteiger partial charge in [0.15, 0.2) is 6.04 Å². The van der Waals surface area contributed by atoms with E-state index in [-0.39, 0.29) is 13.2 Å². The maximum atomic E-state index is 13.3. The Bertz CT molecular complexity index is 750. The van der Waals surface area contributed by atoms with Gasteiger partial charge in [0.2, 0.25) is 5.91 Å². The highest BCUT2D eigenvalue weighted by atomic mass is 19.1. The van der Waals surface area contributed by atoms with Crippen molar-refractivity contribution in [2.45, 2.75) is 32.1 Å². The number of allylic oxidation sites excluding steroid dienone is 2. The van der Waals surface area contributed by atoms with E-state index in [1.165, 1.54) is 6.92 Å². The molecule has 136 valence electrons. The molecule has 26 heavy (non-hydrogen) atoms. The summed E-state index contributed by atoms with van der Waals surface area (Å²) in [6, 6.07) is 7.56. The third kappa shape index (κ3) is 6.06. The average molecular weight is 357 g/mol. The number of amides is 2. The first kappa shape index (κ1) is 19.2. The van der Waals surface area contributed by atoms with E-state index in [9.17, 15) is 14.0 Å². The minimum Gasteiger partial charge on any atom is -0.489 e. The molecule has 0 heterocycles. The van der Waals surface area contributed by atoms with Crippen LogP contribution in [0.3, 0.4) is 0 Å². The van der Waals surface area contributed by atoms with E-state index in [2.05, 4.69) is 10.6 Å². The molecular formula is C19H20FN3O3. The second-order valence-corrected chi connectivity index (χ2v) is 5.81. The van der Waals surface area contributed by atoms with Crippen LogP contribution >= 0.6 is 0 Å². The van der Waals surface area contributed by atoms with Crippen molar-refractivity contribution in [1.82, 2.24) is 10.6 Å². The molecule has 2 unspecified atom stereocenters. The van der Waals surface area contributed by atoms with Gasteiger partial charge in [0.05, 0.1) is 6.07 Å². The minimum atomic E-state index is -1.22. The fourth-order valence-corrected chi connectivity index (χ4v) is 2.32. The van der Waals surface area contributed by atoms with Crippen LogP contribution < -0.4 is 15.4 Å². The number of ether oxygens (including phenoxy) is 1. The van der Waals surface area contributed by atoms with Gasteiger partial charge in [-0.15, -0.1) is 0 Å². The summed E-state index contributed by atoms with van der Waals surface area (Å²) >= 11 is 0. The molecule has 0 fully saturated rings. The zero-order valence-corrected chi connectivity index (χ0v) is 14.4. The van der Waals surface area contributed by atoms with Crippen molar-refractivity contribution >= 4 is 11.8 Å². The molecule has 7 heteroatoms. The number of nitrogens with one attached hydrogen (secondary N) is 2. The first-order chi connectivity index (χ1) is 12.5. The molecule has 6 nitrogen and oxygen atoms in total. The number of hydrogen-bond acceptors (Lipinski definition) is 4. The van der Waals surface area contributed by atoms with Gasteiger partial charge in [-0.05, 0) is 29.3 Å². The molecule has 2 rings (SSSR count). The maximum Gasteiger partial charge on any atom is 0.257 e. The van der Waals surface area contributed by atoms with E-state index >= 15 is 0 Å². The van der Waals surface area contributed by atoms with Gasteiger partial charge in [0, 0.05) is 19.9 Å². The second-order valence-electron chi connectivity index (χ2n) is 5.81. The predicted octanol–water partition coefficient (Wildman–Crippen LogP) is 1.93. The van der Waals surface area contributed by atoms with E-state index in [1.807, 2.05) is 6.08 Å². The van der Waals surface area contributed by atoms with Gasteiger partial charge in [-0.1, -0.05) is 24.3 Å². The van der Waals surface area contributed by atoms with E-state index in [0.29, 0.717) is 12.2 Å². The molecule has 0 saturated carbocycles. The standard InChI is InChI=1S/C19H20FN3O3/c1-13(24)23-18(10-21)19(25)22-11-14-5-7-17(8-6-14)26-12-15-3-2-4-16(20)9-15/h2-3,5-9,16,18H,4,11-12H2,1H3,(H,22,25)(H,23,24). The van der Waals surface area contributed by atoms with E-state index in [1.54, 1.807) is 42.5 Å². The SMILES string of the molecule is CC(=O)NC(C#N)C(=O)NCc1ccc(OCC2=CC(F)CC=C2)cc1. The van der Waals surface area contributed by atoms with Crippen molar-refractivity contribution < 1.29 is 18.7 Å². The van der Waals surface area contributed by atoms with Crippen molar-refractivity contribution in [3.05, 3.63) is 53.6 Å². The predicted molar refractivity (Wildman–Crippen MR) is 93.7 cm³/mol. The largest absolute Gasteiger partial charge is 0.489 e. The highest BCUT2D eigenvalue weighted by molar-refractivity contribution is 5.89. The number of nitrogens with zero attached hydrogens (tertiary/aromatic N) is 1. The Morgan fingerprint density at radius 2 is 2.12 bits per heavy atom. The molecule has 0 saturated heterocycles. The minimum absolute atomic E-state index is 0.217. The van der Waals surface area contributed by atoms with E-state index in [4.69, 9.17) is 10.00 Å². The zero-order chi connectivity index (χ0) is 18.9. The number of nitriles is 1. The maximum absolute atomic E-state index is 13.3.